The normalized spacial score (nSPS) is 20.2. The van der Waals surface area contributed by atoms with Gasteiger partial charge in [0.15, 0.2) is 11.6 Å². The molecule has 0 aromatic heterocycles. The molecule has 2 aromatic rings. The van der Waals surface area contributed by atoms with Gasteiger partial charge < -0.3 is 0 Å². The van der Waals surface area contributed by atoms with Crippen LogP contribution in [0.2, 0.25) is 0 Å². The Labute approximate surface area is 163 Å². The number of benzene rings is 2. The van der Waals surface area contributed by atoms with Crippen molar-refractivity contribution in [2.24, 2.45) is 4.99 Å². The summed E-state index contributed by atoms with van der Waals surface area (Å²) in [5.41, 5.74) is 0.749. The number of thiocarbonyl (C=S) groups is 1. The zero-order chi connectivity index (χ0) is 18.0. The average molecular weight is 473 g/mol. The first kappa shape index (κ1) is 18.5. The predicted octanol–water partition coefficient (Wildman–Crippen LogP) is 6.97. The molecule has 3 rings (SSSR count). The van der Waals surface area contributed by atoms with E-state index in [1.807, 2.05) is 11.2 Å². The third kappa shape index (κ3) is 4.13. The highest BCUT2D eigenvalue weighted by molar-refractivity contribution is 14.1. The van der Waals surface area contributed by atoms with E-state index in [1.165, 1.54) is 6.07 Å². The highest BCUT2D eigenvalue weighted by atomic mass is 127. The number of isothiocyanates is 1. The van der Waals surface area contributed by atoms with Crippen molar-refractivity contribution < 1.29 is 13.2 Å². The highest BCUT2D eigenvalue weighted by Gasteiger charge is 2.22. The van der Waals surface area contributed by atoms with Gasteiger partial charge in [-0.2, -0.15) is 4.99 Å². The first-order valence-electron chi connectivity index (χ1n) is 8.00. The van der Waals surface area contributed by atoms with Gasteiger partial charge >= 0.3 is 0 Å². The maximum absolute atomic E-state index is 14.6. The molecular weight excluding hydrogens is 458 g/mol. The van der Waals surface area contributed by atoms with Crippen LogP contribution in [0.25, 0.3) is 11.1 Å². The SMILES string of the molecule is Fc1cc(C2CCC(I)CC2)ccc1-c1cc(F)c(N=C=S)c(F)c1. The monoisotopic (exact) mass is 473 g/mol. The lowest BCUT2D eigenvalue weighted by molar-refractivity contribution is 0.460. The van der Waals surface area contributed by atoms with E-state index in [0.717, 1.165) is 43.4 Å². The number of rotatable bonds is 3. The summed E-state index contributed by atoms with van der Waals surface area (Å²) >= 11 is 6.83. The van der Waals surface area contributed by atoms with Gasteiger partial charge in [0.05, 0.1) is 5.16 Å². The summed E-state index contributed by atoms with van der Waals surface area (Å²) in [5.74, 6) is -1.91. The lowest BCUT2D eigenvalue weighted by Gasteiger charge is -2.25. The Morgan fingerprint density at radius 3 is 2.16 bits per heavy atom. The first-order chi connectivity index (χ1) is 12.0. The second kappa shape index (κ2) is 7.98. The summed E-state index contributed by atoms with van der Waals surface area (Å²) in [6.07, 6.45) is 4.35. The largest absolute Gasteiger partial charge is 0.206 e. The Bertz CT molecular complexity index is 818. The maximum atomic E-state index is 14.6. The van der Waals surface area contributed by atoms with Gasteiger partial charge in [-0.15, -0.1) is 0 Å². The summed E-state index contributed by atoms with van der Waals surface area (Å²) in [7, 11) is 0. The summed E-state index contributed by atoms with van der Waals surface area (Å²) in [4.78, 5) is 3.36. The molecule has 0 bridgehead atoms. The fourth-order valence-corrected chi connectivity index (χ4v) is 4.09. The molecule has 0 N–H and O–H groups in total. The van der Waals surface area contributed by atoms with Gasteiger partial charge in [0.25, 0.3) is 0 Å². The lowest BCUT2D eigenvalue weighted by Crippen LogP contribution is -2.12. The second-order valence-electron chi connectivity index (χ2n) is 6.18. The molecule has 1 aliphatic rings. The first-order valence-corrected chi connectivity index (χ1v) is 9.65. The van der Waals surface area contributed by atoms with Crippen molar-refractivity contribution in [3.05, 3.63) is 53.3 Å². The molecule has 0 heterocycles. The van der Waals surface area contributed by atoms with Crippen molar-refractivity contribution in [3.8, 4) is 11.1 Å². The van der Waals surface area contributed by atoms with Crippen molar-refractivity contribution in [1.82, 2.24) is 0 Å². The number of halogens is 4. The maximum Gasteiger partial charge on any atom is 0.153 e. The minimum Gasteiger partial charge on any atom is -0.206 e. The topological polar surface area (TPSA) is 12.4 Å². The lowest BCUT2D eigenvalue weighted by atomic mass is 9.83. The van der Waals surface area contributed by atoms with Gasteiger partial charge in [-0.3, -0.25) is 0 Å². The molecule has 0 aliphatic heterocycles. The summed E-state index contributed by atoms with van der Waals surface area (Å²) in [6, 6.07) is 7.07. The van der Waals surface area contributed by atoms with Crippen LogP contribution >= 0.6 is 34.8 Å². The summed E-state index contributed by atoms with van der Waals surface area (Å²) in [6.45, 7) is 0. The Morgan fingerprint density at radius 1 is 0.960 bits per heavy atom. The van der Waals surface area contributed by atoms with E-state index in [4.69, 9.17) is 0 Å². The minimum absolute atomic E-state index is 0.137. The smallest absolute Gasteiger partial charge is 0.153 e. The van der Waals surface area contributed by atoms with Crippen LogP contribution in [0.4, 0.5) is 18.9 Å². The Balaban J connectivity index is 1.92. The van der Waals surface area contributed by atoms with Gasteiger partial charge in [-0.05, 0) is 73.1 Å². The minimum atomic E-state index is -0.892. The molecule has 1 saturated carbocycles. The van der Waals surface area contributed by atoms with Gasteiger partial charge in [0.1, 0.15) is 11.5 Å². The second-order valence-corrected chi connectivity index (χ2v) is 8.12. The molecule has 0 unspecified atom stereocenters. The van der Waals surface area contributed by atoms with Crippen LogP contribution in [-0.4, -0.2) is 9.09 Å². The Kier molecular flexibility index (Phi) is 5.92. The molecule has 0 saturated heterocycles. The van der Waals surface area contributed by atoms with Gasteiger partial charge in [-0.1, -0.05) is 34.7 Å². The number of aliphatic imine (C=N–C) groups is 1. The van der Waals surface area contributed by atoms with Gasteiger partial charge in [-0.25, -0.2) is 13.2 Å². The third-order valence-electron chi connectivity index (χ3n) is 4.61. The van der Waals surface area contributed by atoms with Crippen molar-refractivity contribution in [2.45, 2.75) is 35.5 Å². The molecule has 1 aliphatic carbocycles. The fourth-order valence-electron chi connectivity index (χ4n) is 3.28. The molecule has 1 nitrogen and oxygen atoms in total. The predicted molar refractivity (Wildman–Crippen MR) is 105 cm³/mol. The van der Waals surface area contributed by atoms with Gasteiger partial charge in [0, 0.05) is 9.49 Å². The van der Waals surface area contributed by atoms with Crippen molar-refractivity contribution >= 4 is 45.7 Å². The fraction of sp³-hybridized carbons (Fsp3) is 0.316. The Morgan fingerprint density at radius 2 is 1.60 bits per heavy atom. The Hall–Kier alpha value is -1.24. The molecule has 6 heteroatoms. The van der Waals surface area contributed by atoms with Crippen LogP contribution in [0.15, 0.2) is 35.3 Å². The molecule has 0 radical (unpaired) electrons. The van der Waals surface area contributed by atoms with Crippen LogP contribution in [0.1, 0.15) is 37.2 Å². The van der Waals surface area contributed by atoms with Crippen LogP contribution in [0.3, 0.4) is 0 Å². The number of hydrogen-bond donors (Lipinski definition) is 0. The number of alkyl halides is 1. The molecule has 0 spiro atoms. The quantitative estimate of drug-likeness (QED) is 0.203. The summed E-state index contributed by atoms with van der Waals surface area (Å²) < 4.78 is 43.2. The van der Waals surface area contributed by atoms with Gasteiger partial charge in [0.2, 0.25) is 0 Å². The van der Waals surface area contributed by atoms with E-state index in [9.17, 15) is 13.2 Å². The van der Waals surface area contributed by atoms with E-state index in [-0.39, 0.29) is 11.1 Å². The van der Waals surface area contributed by atoms with Crippen molar-refractivity contribution in [3.63, 3.8) is 0 Å². The van der Waals surface area contributed by atoms with Crippen LogP contribution in [-0.2, 0) is 0 Å². The molecule has 1 fully saturated rings. The van der Waals surface area contributed by atoms with E-state index >= 15 is 0 Å². The van der Waals surface area contributed by atoms with Crippen LogP contribution in [0, 0.1) is 17.5 Å². The molecule has 0 amide bonds. The summed E-state index contributed by atoms with van der Waals surface area (Å²) in [5, 5.41) is 1.94. The van der Waals surface area contributed by atoms with E-state index < -0.39 is 23.1 Å². The van der Waals surface area contributed by atoms with E-state index in [0.29, 0.717) is 9.84 Å². The number of hydrogen-bond acceptors (Lipinski definition) is 2. The number of nitrogens with zero attached hydrogens (tertiary/aromatic N) is 1. The molecule has 0 atom stereocenters. The molecule has 2 aromatic carbocycles. The third-order valence-corrected chi connectivity index (χ3v) is 5.94. The molecule has 130 valence electrons. The van der Waals surface area contributed by atoms with Crippen LogP contribution < -0.4 is 0 Å². The zero-order valence-corrected chi connectivity index (χ0v) is 16.2. The van der Waals surface area contributed by atoms with E-state index in [1.54, 1.807) is 6.07 Å². The van der Waals surface area contributed by atoms with Crippen molar-refractivity contribution in [1.29, 1.82) is 0 Å². The average Bonchev–Trinajstić information content (AvgIpc) is 2.58. The van der Waals surface area contributed by atoms with Crippen molar-refractivity contribution in [2.75, 3.05) is 0 Å². The van der Waals surface area contributed by atoms with Crippen LogP contribution in [0.5, 0.6) is 0 Å². The molecule has 25 heavy (non-hydrogen) atoms. The zero-order valence-electron chi connectivity index (χ0n) is 13.2. The highest BCUT2D eigenvalue weighted by Crippen LogP contribution is 2.37. The molecular formula is C19H15F3INS. The van der Waals surface area contributed by atoms with E-state index in [2.05, 4.69) is 39.8 Å². The standard InChI is InChI=1S/C19H15F3INS/c20-16-7-12(11-1-4-14(23)5-2-11)3-6-15(16)13-8-17(21)19(24-10-25)18(22)9-13/h3,6-9,11,14H,1-2,4-5H2.